The SMILES string of the molecule is CCCOc1ccccc1/C=C/C(=O)Nc1sc(C)c(-c2ccc(Br)cc2)c1C(=O)OC. The number of aryl methyl sites for hydroxylation is 1. The molecular formula is C25H24BrNO4S. The van der Waals surface area contributed by atoms with Crippen LogP contribution in [0.15, 0.2) is 59.1 Å². The molecule has 0 fully saturated rings. The van der Waals surface area contributed by atoms with Crippen LogP contribution in [0.5, 0.6) is 5.75 Å². The zero-order chi connectivity index (χ0) is 23.1. The van der Waals surface area contributed by atoms with Gasteiger partial charge in [0, 0.05) is 26.6 Å². The number of anilines is 1. The number of hydrogen-bond donors (Lipinski definition) is 1. The number of methoxy groups -OCH3 is 1. The van der Waals surface area contributed by atoms with Crippen LogP contribution in [0.25, 0.3) is 17.2 Å². The summed E-state index contributed by atoms with van der Waals surface area (Å²) >= 11 is 4.77. The van der Waals surface area contributed by atoms with Crippen LogP contribution >= 0.6 is 27.3 Å². The number of halogens is 1. The first-order valence-corrected chi connectivity index (χ1v) is 11.7. The summed E-state index contributed by atoms with van der Waals surface area (Å²) in [6, 6.07) is 15.2. The fourth-order valence-electron chi connectivity index (χ4n) is 3.17. The molecule has 0 saturated carbocycles. The lowest BCUT2D eigenvalue weighted by Crippen LogP contribution is -2.11. The Morgan fingerprint density at radius 2 is 1.84 bits per heavy atom. The number of esters is 1. The van der Waals surface area contributed by atoms with E-state index in [-0.39, 0.29) is 5.91 Å². The second-order valence-electron chi connectivity index (χ2n) is 6.94. The number of hydrogen-bond acceptors (Lipinski definition) is 5. The molecule has 0 atom stereocenters. The van der Waals surface area contributed by atoms with Crippen LogP contribution in [0.2, 0.25) is 0 Å². The van der Waals surface area contributed by atoms with E-state index in [4.69, 9.17) is 9.47 Å². The number of nitrogens with one attached hydrogen (secondary N) is 1. The lowest BCUT2D eigenvalue weighted by molar-refractivity contribution is -0.111. The fraction of sp³-hybridized carbons (Fsp3) is 0.200. The summed E-state index contributed by atoms with van der Waals surface area (Å²) < 4.78 is 11.7. The van der Waals surface area contributed by atoms with Crippen molar-refractivity contribution in [2.24, 2.45) is 0 Å². The lowest BCUT2D eigenvalue weighted by atomic mass is 10.0. The lowest BCUT2D eigenvalue weighted by Gasteiger charge is -2.08. The average molecular weight is 514 g/mol. The van der Waals surface area contributed by atoms with E-state index in [9.17, 15) is 9.59 Å². The minimum Gasteiger partial charge on any atom is -0.493 e. The Bertz CT molecular complexity index is 1140. The third-order valence-corrected chi connectivity index (χ3v) is 6.19. The molecule has 1 heterocycles. The Kier molecular flexibility index (Phi) is 8.25. The molecule has 0 radical (unpaired) electrons. The molecule has 1 aromatic heterocycles. The normalized spacial score (nSPS) is 10.9. The van der Waals surface area contributed by atoms with Crippen molar-refractivity contribution in [3.63, 3.8) is 0 Å². The predicted octanol–water partition coefficient (Wildman–Crippen LogP) is 6.71. The molecule has 0 saturated heterocycles. The van der Waals surface area contributed by atoms with Gasteiger partial charge in [0.15, 0.2) is 0 Å². The highest BCUT2D eigenvalue weighted by Gasteiger charge is 2.24. The molecule has 0 bridgehead atoms. The first kappa shape index (κ1) is 23.8. The van der Waals surface area contributed by atoms with Crippen molar-refractivity contribution < 1.29 is 19.1 Å². The quantitative estimate of drug-likeness (QED) is 0.268. The minimum absolute atomic E-state index is 0.343. The molecule has 7 heteroatoms. The number of benzene rings is 2. The Morgan fingerprint density at radius 3 is 2.53 bits per heavy atom. The van der Waals surface area contributed by atoms with Gasteiger partial charge in [0.05, 0.1) is 13.7 Å². The zero-order valence-corrected chi connectivity index (χ0v) is 20.5. The van der Waals surface area contributed by atoms with Gasteiger partial charge >= 0.3 is 5.97 Å². The molecule has 0 spiro atoms. The number of para-hydroxylation sites is 1. The van der Waals surface area contributed by atoms with E-state index in [2.05, 4.69) is 21.2 Å². The maximum absolute atomic E-state index is 12.7. The zero-order valence-electron chi connectivity index (χ0n) is 18.1. The molecule has 32 heavy (non-hydrogen) atoms. The highest BCUT2D eigenvalue weighted by atomic mass is 79.9. The molecular weight excluding hydrogens is 490 g/mol. The summed E-state index contributed by atoms with van der Waals surface area (Å²) in [5, 5.41) is 3.30. The molecule has 2 aromatic carbocycles. The van der Waals surface area contributed by atoms with Crippen molar-refractivity contribution in [1.29, 1.82) is 0 Å². The number of carbonyl (C=O) groups excluding carboxylic acids is 2. The number of ether oxygens (including phenoxy) is 2. The van der Waals surface area contributed by atoms with Crippen LogP contribution < -0.4 is 10.1 Å². The minimum atomic E-state index is -0.496. The van der Waals surface area contributed by atoms with Gasteiger partial charge in [-0.15, -0.1) is 11.3 Å². The molecule has 1 N–H and O–H groups in total. The van der Waals surface area contributed by atoms with Gasteiger partial charge in [0.25, 0.3) is 0 Å². The van der Waals surface area contributed by atoms with Gasteiger partial charge in [0.1, 0.15) is 16.3 Å². The Labute approximate surface area is 200 Å². The first-order valence-electron chi connectivity index (χ1n) is 10.1. The third kappa shape index (κ3) is 5.66. The van der Waals surface area contributed by atoms with Gasteiger partial charge in [-0.3, -0.25) is 4.79 Å². The molecule has 1 amide bonds. The first-order chi connectivity index (χ1) is 15.4. The van der Waals surface area contributed by atoms with E-state index in [1.807, 2.05) is 62.4 Å². The Hall–Kier alpha value is -2.90. The van der Waals surface area contributed by atoms with E-state index >= 15 is 0 Å². The number of rotatable bonds is 8. The molecule has 0 unspecified atom stereocenters. The highest BCUT2D eigenvalue weighted by Crippen LogP contribution is 2.40. The number of carbonyl (C=O) groups is 2. The largest absolute Gasteiger partial charge is 0.493 e. The summed E-state index contributed by atoms with van der Waals surface area (Å²) in [6.07, 6.45) is 4.03. The molecule has 0 aliphatic rings. The van der Waals surface area contributed by atoms with Crippen molar-refractivity contribution in [3.8, 4) is 16.9 Å². The van der Waals surface area contributed by atoms with Gasteiger partial charge in [0.2, 0.25) is 5.91 Å². The summed E-state index contributed by atoms with van der Waals surface area (Å²) in [7, 11) is 1.33. The Balaban J connectivity index is 1.88. The van der Waals surface area contributed by atoms with Gasteiger partial charge < -0.3 is 14.8 Å². The van der Waals surface area contributed by atoms with Crippen LogP contribution in [0, 0.1) is 6.92 Å². The second kappa shape index (κ2) is 11.1. The molecule has 0 aliphatic heterocycles. The maximum atomic E-state index is 12.7. The van der Waals surface area contributed by atoms with Crippen molar-refractivity contribution >= 4 is 50.2 Å². The van der Waals surface area contributed by atoms with E-state index < -0.39 is 5.97 Å². The van der Waals surface area contributed by atoms with E-state index in [1.165, 1.54) is 24.5 Å². The van der Waals surface area contributed by atoms with Crippen LogP contribution in [0.1, 0.15) is 34.1 Å². The Morgan fingerprint density at radius 1 is 1.12 bits per heavy atom. The smallest absolute Gasteiger partial charge is 0.341 e. The fourth-order valence-corrected chi connectivity index (χ4v) is 4.51. The topological polar surface area (TPSA) is 64.6 Å². The average Bonchev–Trinajstić information content (AvgIpc) is 3.12. The van der Waals surface area contributed by atoms with Crippen molar-refractivity contribution in [1.82, 2.24) is 0 Å². The van der Waals surface area contributed by atoms with Crippen molar-refractivity contribution in [3.05, 3.63) is 75.1 Å². The number of amides is 1. The van der Waals surface area contributed by atoms with E-state index in [0.29, 0.717) is 17.2 Å². The molecule has 166 valence electrons. The van der Waals surface area contributed by atoms with Crippen LogP contribution in [0.3, 0.4) is 0 Å². The molecule has 3 aromatic rings. The van der Waals surface area contributed by atoms with Crippen molar-refractivity contribution in [2.75, 3.05) is 19.0 Å². The maximum Gasteiger partial charge on any atom is 0.341 e. The third-order valence-electron chi connectivity index (χ3n) is 4.64. The predicted molar refractivity (Wildman–Crippen MR) is 133 cm³/mol. The summed E-state index contributed by atoms with van der Waals surface area (Å²) in [4.78, 5) is 26.2. The van der Waals surface area contributed by atoms with Crippen LogP contribution in [-0.4, -0.2) is 25.6 Å². The van der Waals surface area contributed by atoms with Gasteiger partial charge in [-0.2, -0.15) is 0 Å². The van der Waals surface area contributed by atoms with Gasteiger partial charge in [-0.1, -0.05) is 53.2 Å². The standard InChI is InChI=1S/C25H24BrNO4S/c1-4-15-31-20-8-6-5-7-17(20)11-14-21(28)27-24-23(25(29)30-3)22(16(2)32-24)18-9-12-19(26)13-10-18/h5-14H,4,15H2,1-3H3,(H,27,28)/b14-11+. The van der Waals surface area contributed by atoms with Gasteiger partial charge in [-0.25, -0.2) is 4.79 Å². The van der Waals surface area contributed by atoms with E-state index in [0.717, 1.165) is 38.2 Å². The van der Waals surface area contributed by atoms with E-state index in [1.54, 1.807) is 6.08 Å². The highest BCUT2D eigenvalue weighted by molar-refractivity contribution is 9.10. The van der Waals surface area contributed by atoms with Crippen LogP contribution in [0.4, 0.5) is 5.00 Å². The summed E-state index contributed by atoms with van der Waals surface area (Å²) in [5.41, 5.74) is 2.79. The van der Waals surface area contributed by atoms with Crippen molar-refractivity contribution in [2.45, 2.75) is 20.3 Å². The number of thiophene rings is 1. The molecule has 5 nitrogen and oxygen atoms in total. The van der Waals surface area contributed by atoms with Crippen LogP contribution in [-0.2, 0) is 9.53 Å². The molecule has 3 rings (SSSR count). The van der Waals surface area contributed by atoms with Gasteiger partial charge in [-0.05, 0) is 43.2 Å². The monoisotopic (exact) mass is 513 g/mol. The summed E-state index contributed by atoms with van der Waals surface area (Å²) in [5.74, 6) is -0.118. The second-order valence-corrected chi connectivity index (χ2v) is 9.09. The molecule has 0 aliphatic carbocycles. The summed E-state index contributed by atoms with van der Waals surface area (Å²) in [6.45, 7) is 4.56.